The van der Waals surface area contributed by atoms with Crippen molar-refractivity contribution in [3.63, 3.8) is 0 Å². The zero-order valence-corrected chi connectivity index (χ0v) is 15.4. The third-order valence-corrected chi connectivity index (χ3v) is 4.89. The molecule has 1 aliphatic rings. The van der Waals surface area contributed by atoms with E-state index in [1.54, 1.807) is 29.2 Å². The number of fused-ring (bicyclic) bond motifs is 1. The van der Waals surface area contributed by atoms with E-state index in [4.69, 9.17) is 11.6 Å². The van der Waals surface area contributed by atoms with Crippen LogP contribution in [0.25, 0.3) is 0 Å². The Labute approximate surface area is 162 Å². The molecule has 0 fully saturated rings. The fourth-order valence-electron chi connectivity index (χ4n) is 3.31. The van der Waals surface area contributed by atoms with Crippen LogP contribution in [0, 0.1) is 0 Å². The second-order valence-electron chi connectivity index (χ2n) is 6.42. The van der Waals surface area contributed by atoms with E-state index in [0.29, 0.717) is 16.1 Å². The highest BCUT2D eigenvalue weighted by molar-refractivity contribution is 6.30. The van der Waals surface area contributed by atoms with Crippen molar-refractivity contribution in [3.8, 4) is 0 Å². The Morgan fingerprint density at radius 3 is 2.48 bits per heavy atom. The Bertz CT molecular complexity index is 1030. The van der Waals surface area contributed by atoms with Crippen LogP contribution in [0.1, 0.15) is 39.4 Å². The Morgan fingerprint density at radius 1 is 1.00 bits per heavy atom. The number of Topliss-reactive ketones (excluding diaryl/α,β-unsaturated/α-hetero) is 1. The highest BCUT2D eigenvalue weighted by Gasteiger charge is 2.37. The van der Waals surface area contributed by atoms with Crippen LogP contribution in [-0.2, 0) is 0 Å². The van der Waals surface area contributed by atoms with Crippen molar-refractivity contribution in [3.05, 3.63) is 94.5 Å². The quantitative estimate of drug-likeness (QED) is 0.627. The van der Waals surface area contributed by atoms with Gasteiger partial charge in [-0.25, -0.2) is 0 Å². The van der Waals surface area contributed by atoms with Gasteiger partial charge in [0.1, 0.15) is 6.17 Å². The third kappa shape index (κ3) is 3.20. The van der Waals surface area contributed by atoms with Crippen molar-refractivity contribution < 1.29 is 9.59 Å². The zero-order valence-electron chi connectivity index (χ0n) is 14.6. The van der Waals surface area contributed by atoms with Gasteiger partial charge in [0, 0.05) is 33.1 Å². The minimum absolute atomic E-state index is 0.00361. The number of carbonyl (C=O) groups excluding carboxylic acids is 2. The van der Waals surface area contributed by atoms with E-state index in [2.05, 4.69) is 5.32 Å². The normalized spacial score (nSPS) is 15.6. The molecule has 3 aromatic rings. The zero-order chi connectivity index (χ0) is 19.0. The Morgan fingerprint density at radius 2 is 1.74 bits per heavy atom. The summed E-state index contributed by atoms with van der Waals surface area (Å²) in [5.74, 6) is -0.0794. The van der Waals surface area contributed by atoms with Gasteiger partial charge < -0.3 is 5.32 Å². The molecule has 0 saturated heterocycles. The van der Waals surface area contributed by atoms with E-state index in [1.165, 1.54) is 6.92 Å². The monoisotopic (exact) mass is 376 g/mol. The van der Waals surface area contributed by atoms with Crippen LogP contribution in [0.5, 0.6) is 0 Å². The van der Waals surface area contributed by atoms with Crippen molar-refractivity contribution in [2.75, 3.05) is 10.2 Å². The lowest BCUT2D eigenvalue weighted by Crippen LogP contribution is -2.32. The molecule has 0 aromatic heterocycles. The van der Waals surface area contributed by atoms with E-state index in [-0.39, 0.29) is 17.9 Å². The van der Waals surface area contributed by atoms with Crippen molar-refractivity contribution >= 4 is 34.7 Å². The summed E-state index contributed by atoms with van der Waals surface area (Å²) in [6, 6.07) is 22.0. The molecule has 0 bridgehead atoms. The number of amides is 1. The van der Waals surface area contributed by atoms with Gasteiger partial charge in [-0.15, -0.1) is 0 Å². The molecule has 1 amide bonds. The minimum atomic E-state index is -0.378. The molecule has 3 aromatic carbocycles. The molecule has 0 radical (unpaired) electrons. The van der Waals surface area contributed by atoms with E-state index in [0.717, 1.165) is 16.9 Å². The summed E-state index contributed by atoms with van der Waals surface area (Å²) in [4.78, 5) is 26.5. The van der Waals surface area contributed by atoms with Crippen LogP contribution in [0.15, 0.2) is 72.8 Å². The third-order valence-electron chi connectivity index (χ3n) is 4.64. The fourth-order valence-corrected chi connectivity index (χ4v) is 3.44. The second-order valence-corrected chi connectivity index (χ2v) is 6.86. The van der Waals surface area contributed by atoms with Gasteiger partial charge in [0.15, 0.2) is 5.78 Å². The summed E-state index contributed by atoms with van der Waals surface area (Å²) in [6.45, 7) is 1.54. The maximum Gasteiger partial charge on any atom is 0.260 e. The number of carbonyl (C=O) groups is 2. The lowest BCUT2D eigenvalue weighted by molar-refractivity contribution is 0.0989. The molecule has 1 N–H and O–H groups in total. The number of nitrogens with one attached hydrogen (secondary N) is 1. The van der Waals surface area contributed by atoms with Gasteiger partial charge in [-0.2, -0.15) is 0 Å². The van der Waals surface area contributed by atoms with Gasteiger partial charge in [-0.05, 0) is 49.4 Å². The average Bonchev–Trinajstić information content (AvgIpc) is 2.95. The van der Waals surface area contributed by atoms with E-state index < -0.39 is 0 Å². The topological polar surface area (TPSA) is 49.4 Å². The molecule has 0 spiro atoms. The molecule has 5 heteroatoms. The lowest BCUT2D eigenvalue weighted by atomic mass is 10.1. The van der Waals surface area contributed by atoms with Crippen LogP contribution < -0.4 is 10.2 Å². The van der Waals surface area contributed by atoms with Crippen LogP contribution >= 0.6 is 11.6 Å². The first-order chi connectivity index (χ1) is 13.0. The number of rotatable bonds is 4. The highest BCUT2D eigenvalue weighted by atomic mass is 35.5. The van der Waals surface area contributed by atoms with Crippen LogP contribution in [0.3, 0.4) is 0 Å². The predicted molar refractivity (Wildman–Crippen MR) is 108 cm³/mol. The summed E-state index contributed by atoms with van der Waals surface area (Å²) in [5, 5.41) is 4.02. The number of ketones is 1. The molecular weight excluding hydrogens is 360 g/mol. The molecule has 4 nitrogen and oxygen atoms in total. The van der Waals surface area contributed by atoms with E-state index in [9.17, 15) is 9.59 Å². The summed E-state index contributed by atoms with van der Waals surface area (Å²) in [6.07, 6.45) is -0.378. The summed E-state index contributed by atoms with van der Waals surface area (Å²) in [5.41, 5.74) is 3.70. The van der Waals surface area contributed by atoms with Crippen molar-refractivity contribution in [2.45, 2.75) is 13.1 Å². The number of anilines is 2. The predicted octanol–water partition coefficient (Wildman–Crippen LogP) is 5.31. The molecule has 0 aliphatic carbocycles. The van der Waals surface area contributed by atoms with E-state index in [1.807, 2.05) is 48.5 Å². The highest BCUT2D eigenvalue weighted by Crippen LogP contribution is 2.38. The molecule has 134 valence electrons. The fraction of sp³-hybridized carbons (Fsp3) is 0.0909. The summed E-state index contributed by atoms with van der Waals surface area (Å²) in [7, 11) is 0. The smallest absolute Gasteiger partial charge is 0.260 e. The van der Waals surface area contributed by atoms with Crippen molar-refractivity contribution in [2.24, 2.45) is 0 Å². The number of hydrogen-bond acceptors (Lipinski definition) is 3. The van der Waals surface area contributed by atoms with E-state index >= 15 is 0 Å². The number of nitrogens with zero attached hydrogens (tertiary/aromatic N) is 1. The number of halogens is 1. The number of hydrogen-bond donors (Lipinski definition) is 1. The van der Waals surface area contributed by atoms with Gasteiger partial charge in [0.05, 0.1) is 0 Å². The molecular formula is C22H17ClN2O2. The molecule has 4 rings (SSSR count). The van der Waals surface area contributed by atoms with Crippen molar-refractivity contribution in [1.82, 2.24) is 0 Å². The van der Waals surface area contributed by atoms with Crippen LogP contribution in [0.4, 0.5) is 11.4 Å². The molecule has 0 saturated carbocycles. The Kier molecular flexibility index (Phi) is 4.42. The van der Waals surface area contributed by atoms with Gasteiger partial charge in [-0.3, -0.25) is 14.5 Å². The summed E-state index contributed by atoms with van der Waals surface area (Å²) < 4.78 is 0. The first-order valence-corrected chi connectivity index (χ1v) is 8.98. The second kappa shape index (κ2) is 6.89. The van der Waals surface area contributed by atoms with Gasteiger partial charge in [0.25, 0.3) is 5.91 Å². The maximum atomic E-state index is 13.1. The SMILES string of the molecule is CC(=O)c1cccc(N[C@H]2c3ccccc3C(=O)N2c2ccc(Cl)cc2)c1. The molecule has 27 heavy (non-hydrogen) atoms. The van der Waals surface area contributed by atoms with Crippen LogP contribution in [-0.4, -0.2) is 11.7 Å². The largest absolute Gasteiger partial charge is 0.361 e. The molecule has 1 atom stereocenters. The Balaban J connectivity index is 1.77. The molecule has 1 heterocycles. The summed E-state index contributed by atoms with van der Waals surface area (Å²) >= 11 is 6.01. The average molecular weight is 377 g/mol. The number of benzene rings is 3. The van der Waals surface area contributed by atoms with Gasteiger partial charge >= 0.3 is 0 Å². The first-order valence-electron chi connectivity index (χ1n) is 8.60. The van der Waals surface area contributed by atoms with Gasteiger partial charge in [-0.1, -0.05) is 41.9 Å². The first kappa shape index (κ1) is 17.3. The minimum Gasteiger partial charge on any atom is -0.361 e. The lowest BCUT2D eigenvalue weighted by Gasteiger charge is -2.27. The molecule has 0 unspecified atom stereocenters. The Hall–Kier alpha value is -3.11. The maximum absolute atomic E-state index is 13.1. The van der Waals surface area contributed by atoms with Gasteiger partial charge in [0.2, 0.25) is 0 Å². The van der Waals surface area contributed by atoms with Crippen molar-refractivity contribution in [1.29, 1.82) is 0 Å². The molecule has 1 aliphatic heterocycles. The van der Waals surface area contributed by atoms with Crippen LogP contribution in [0.2, 0.25) is 5.02 Å². The standard InChI is InChI=1S/C22H17ClN2O2/c1-14(26)15-5-4-6-17(13-15)24-21-19-7-2-3-8-20(19)22(27)25(21)18-11-9-16(23)10-12-18/h2-13,21,24H,1H3/t21-/m1/s1.